The summed E-state index contributed by atoms with van der Waals surface area (Å²) in [5.41, 5.74) is 2.19. The molecule has 24 heavy (non-hydrogen) atoms. The summed E-state index contributed by atoms with van der Waals surface area (Å²) in [6.45, 7) is 2.51. The molecule has 0 bridgehead atoms. The minimum absolute atomic E-state index is 0.00279. The fourth-order valence-electron chi connectivity index (χ4n) is 2.26. The Morgan fingerprint density at radius 3 is 2.79 bits per heavy atom. The molecular weight excluding hydrogens is 304 g/mol. The molecule has 1 aromatic carbocycles. The van der Waals surface area contributed by atoms with Crippen molar-refractivity contribution in [2.24, 2.45) is 0 Å². The molecule has 1 amide bonds. The largest absolute Gasteiger partial charge is 0.383 e. The van der Waals surface area contributed by atoms with E-state index in [1.54, 1.807) is 25.6 Å². The van der Waals surface area contributed by atoms with Gasteiger partial charge in [0.1, 0.15) is 5.82 Å². The van der Waals surface area contributed by atoms with Gasteiger partial charge in [0.05, 0.1) is 30.7 Å². The van der Waals surface area contributed by atoms with Crippen molar-refractivity contribution >= 4 is 11.7 Å². The van der Waals surface area contributed by atoms with E-state index < -0.39 is 0 Å². The molecule has 2 rings (SSSR count). The summed E-state index contributed by atoms with van der Waals surface area (Å²) in [5, 5.41) is 2.98. The van der Waals surface area contributed by atoms with Crippen molar-refractivity contribution in [2.75, 3.05) is 32.7 Å². The Labute approximate surface area is 142 Å². The number of carbonyl (C=O) groups is 1. The van der Waals surface area contributed by atoms with Gasteiger partial charge >= 0.3 is 0 Å². The normalized spacial score (nSPS) is 11.8. The van der Waals surface area contributed by atoms with Crippen LogP contribution in [0.4, 0.5) is 5.82 Å². The molecule has 6 nitrogen and oxygen atoms in total. The van der Waals surface area contributed by atoms with Gasteiger partial charge in [0.15, 0.2) is 0 Å². The van der Waals surface area contributed by atoms with Gasteiger partial charge in [-0.2, -0.15) is 0 Å². The maximum absolute atomic E-state index is 12.4. The molecule has 0 radical (unpaired) electrons. The molecule has 6 heteroatoms. The fraction of sp³-hybridized carbons (Fsp3) is 0.389. The predicted molar refractivity (Wildman–Crippen MR) is 95.2 cm³/mol. The maximum atomic E-state index is 12.4. The zero-order chi connectivity index (χ0) is 17.5. The number of methoxy groups -OCH3 is 1. The van der Waals surface area contributed by atoms with Gasteiger partial charge in [-0.25, -0.2) is 4.98 Å². The van der Waals surface area contributed by atoms with Crippen molar-refractivity contribution in [3.05, 3.63) is 42.2 Å². The van der Waals surface area contributed by atoms with Crippen molar-refractivity contribution in [3.63, 3.8) is 0 Å². The molecule has 0 aliphatic heterocycles. The topological polar surface area (TPSA) is 67.3 Å². The van der Waals surface area contributed by atoms with E-state index in [0.717, 1.165) is 23.5 Å². The molecule has 1 heterocycles. The van der Waals surface area contributed by atoms with Crippen LogP contribution in [0.25, 0.3) is 11.3 Å². The number of benzene rings is 1. The first-order chi connectivity index (χ1) is 11.5. The number of nitrogens with zero attached hydrogens (tertiary/aromatic N) is 3. The molecule has 0 spiro atoms. The quantitative estimate of drug-likeness (QED) is 0.845. The Balaban J connectivity index is 2.22. The van der Waals surface area contributed by atoms with Crippen LogP contribution in [0, 0.1) is 0 Å². The zero-order valence-electron chi connectivity index (χ0n) is 14.6. The number of anilines is 1. The molecule has 0 aliphatic carbocycles. The van der Waals surface area contributed by atoms with Crippen LogP contribution in [-0.2, 0) is 4.74 Å². The average Bonchev–Trinajstić information content (AvgIpc) is 2.61. The fourth-order valence-corrected chi connectivity index (χ4v) is 2.26. The van der Waals surface area contributed by atoms with Gasteiger partial charge in [-0.3, -0.25) is 9.78 Å². The summed E-state index contributed by atoms with van der Waals surface area (Å²) in [5.74, 6) is 0.658. The second kappa shape index (κ2) is 8.40. The Kier molecular flexibility index (Phi) is 6.26. The number of ether oxygens (including phenoxy) is 1. The van der Waals surface area contributed by atoms with E-state index in [1.807, 2.05) is 44.1 Å². The highest BCUT2D eigenvalue weighted by Crippen LogP contribution is 2.20. The van der Waals surface area contributed by atoms with E-state index in [-0.39, 0.29) is 11.9 Å². The van der Waals surface area contributed by atoms with Gasteiger partial charge in [0.25, 0.3) is 5.91 Å². The SMILES string of the molecule is CC[C@@H](COC)NC(=O)c1cccc(-c2cncc(N(C)C)n2)c1. The van der Waals surface area contributed by atoms with E-state index >= 15 is 0 Å². The van der Waals surface area contributed by atoms with Crippen molar-refractivity contribution in [1.29, 1.82) is 0 Å². The van der Waals surface area contributed by atoms with E-state index in [4.69, 9.17) is 4.74 Å². The van der Waals surface area contributed by atoms with Crippen LogP contribution in [0.2, 0.25) is 0 Å². The van der Waals surface area contributed by atoms with Crippen LogP contribution in [-0.4, -0.2) is 49.7 Å². The third-order valence-corrected chi connectivity index (χ3v) is 3.70. The second-order valence-electron chi connectivity index (χ2n) is 5.77. The highest BCUT2D eigenvalue weighted by atomic mass is 16.5. The molecule has 0 unspecified atom stereocenters. The average molecular weight is 328 g/mol. The summed E-state index contributed by atoms with van der Waals surface area (Å²) in [6, 6.07) is 7.40. The minimum atomic E-state index is -0.113. The molecule has 0 saturated heterocycles. The Hall–Kier alpha value is -2.47. The van der Waals surface area contributed by atoms with Gasteiger partial charge < -0.3 is 15.0 Å². The standard InChI is InChI=1S/C18H24N4O2/c1-5-15(12-24-4)20-18(23)14-8-6-7-13(9-14)16-10-19-11-17(21-16)22(2)3/h6-11,15H,5,12H2,1-4H3,(H,20,23)/t15-/m0/s1. The van der Waals surface area contributed by atoms with Gasteiger partial charge in [0.2, 0.25) is 0 Å². The van der Waals surface area contributed by atoms with Crippen LogP contribution >= 0.6 is 0 Å². The van der Waals surface area contributed by atoms with E-state index in [2.05, 4.69) is 15.3 Å². The number of nitrogens with one attached hydrogen (secondary N) is 1. The molecule has 0 fully saturated rings. The van der Waals surface area contributed by atoms with Crippen molar-refractivity contribution in [3.8, 4) is 11.3 Å². The van der Waals surface area contributed by atoms with Crippen LogP contribution in [0.3, 0.4) is 0 Å². The molecular formula is C18H24N4O2. The summed E-state index contributed by atoms with van der Waals surface area (Å²) in [7, 11) is 5.46. The molecule has 1 aromatic heterocycles. The van der Waals surface area contributed by atoms with E-state index in [9.17, 15) is 4.79 Å². The third-order valence-electron chi connectivity index (χ3n) is 3.70. The summed E-state index contributed by atoms with van der Waals surface area (Å²) in [6.07, 6.45) is 4.22. The first-order valence-electron chi connectivity index (χ1n) is 7.94. The first kappa shape index (κ1) is 17.9. The molecule has 1 atom stereocenters. The zero-order valence-corrected chi connectivity index (χ0v) is 14.6. The first-order valence-corrected chi connectivity index (χ1v) is 7.94. The van der Waals surface area contributed by atoms with Gasteiger partial charge in [-0.05, 0) is 18.6 Å². The number of amides is 1. The number of hydrogen-bond donors (Lipinski definition) is 1. The van der Waals surface area contributed by atoms with Crippen molar-refractivity contribution in [1.82, 2.24) is 15.3 Å². The van der Waals surface area contributed by atoms with Gasteiger partial charge in [0, 0.05) is 32.3 Å². The second-order valence-corrected chi connectivity index (χ2v) is 5.77. The number of rotatable bonds is 7. The van der Waals surface area contributed by atoms with Crippen LogP contribution in [0.5, 0.6) is 0 Å². The molecule has 0 saturated carbocycles. The third kappa shape index (κ3) is 4.52. The van der Waals surface area contributed by atoms with Crippen LogP contribution in [0.15, 0.2) is 36.7 Å². The summed E-state index contributed by atoms with van der Waals surface area (Å²) in [4.78, 5) is 23.1. The molecule has 128 valence electrons. The lowest BCUT2D eigenvalue weighted by Gasteiger charge is -2.16. The van der Waals surface area contributed by atoms with Gasteiger partial charge in [-0.1, -0.05) is 19.1 Å². The Morgan fingerprint density at radius 2 is 2.12 bits per heavy atom. The van der Waals surface area contributed by atoms with E-state index in [1.165, 1.54) is 0 Å². The number of carbonyl (C=O) groups excluding carboxylic acids is 1. The molecule has 0 aliphatic rings. The predicted octanol–water partition coefficient (Wildman–Crippen LogP) is 2.36. The highest BCUT2D eigenvalue weighted by Gasteiger charge is 2.13. The molecule has 1 N–H and O–H groups in total. The Bertz CT molecular complexity index is 688. The van der Waals surface area contributed by atoms with Crippen LogP contribution in [0.1, 0.15) is 23.7 Å². The summed E-state index contributed by atoms with van der Waals surface area (Å²) < 4.78 is 5.12. The Morgan fingerprint density at radius 1 is 1.33 bits per heavy atom. The smallest absolute Gasteiger partial charge is 0.251 e. The lowest BCUT2D eigenvalue weighted by Crippen LogP contribution is -2.37. The van der Waals surface area contributed by atoms with Crippen molar-refractivity contribution in [2.45, 2.75) is 19.4 Å². The minimum Gasteiger partial charge on any atom is -0.383 e. The molecule has 2 aromatic rings. The highest BCUT2D eigenvalue weighted by molar-refractivity contribution is 5.95. The summed E-state index contributed by atoms with van der Waals surface area (Å²) >= 11 is 0. The number of aromatic nitrogens is 2. The lowest BCUT2D eigenvalue weighted by atomic mass is 10.1. The van der Waals surface area contributed by atoms with E-state index in [0.29, 0.717) is 12.2 Å². The van der Waals surface area contributed by atoms with Gasteiger partial charge in [-0.15, -0.1) is 0 Å². The maximum Gasteiger partial charge on any atom is 0.251 e. The van der Waals surface area contributed by atoms with Crippen LogP contribution < -0.4 is 10.2 Å². The number of hydrogen-bond acceptors (Lipinski definition) is 5. The van der Waals surface area contributed by atoms with Crippen molar-refractivity contribution < 1.29 is 9.53 Å². The monoisotopic (exact) mass is 328 g/mol. The lowest BCUT2D eigenvalue weighted by molar-refractivity contribution is 0.0894.